The van der Waals surface area contributed by atoms with Crippen LogP contribution in [0.2, 0.25) is 0 Å². The van der Waals surface area contributed by atoms with E-state index in [2.05, 4.69) is 5.32 Å². The van der Waals surface area contributed by atoms with Crippen LogP contribution in [0.3, 0.4) is 0 Å². The summed E-state index contributed by atoms with van der Waals surface area (Å²) in [5.41, 5.74) is 0.339. The third-order valence-corrected chi connectivity index (χ3v) is 4.55. The van der Waals surface area contributed by atoms with Crippen molar-refractivity contribution in [1.29, 1.82) is 0 Å². The Labute approximate surface area is 168 Å². The SMILES string of the molecule is CCOC(=O)C(CC)Cc1cccc(C(=O)NCc2ccccc2C(F)(F)F)c1. The molecule has 0 radical (unpaired) electrons. The number of ether oxygens (including phenoxy) is 1. The molecule has 2 aromatic rings. The van der Waals surface area contributed by atoms with E-state index < -0.39 is 17.6 Å². The summed E-state index contributed by atoms with van der Waals surface area (Å²) in [6, 6.07) is 11.9. The highest BCUT2D eigenvalue weighted by molar-refractivity contribution is 5.94. The summed E-state index contributed by atoms with van der Waals surface area (Å²) < 4.78 is 44.3. The van der Waals surface area contributed by atoms with Crippen molar-refractivity contribution in [3.8, 4) is 0 Å². The zero-order chi connectivity index (χ0) is 21.4. The van der Waals surface area contributed by atoms with Gasteiger partial charge in [-0.05, 0) is 49.1 Å². The predicted octanol–water partition coefficient (Wildman–Crippen LogP) is 4.77. The molecular weight excluding hydrogens is 383 g/mol. The maximum Gasteiger partial charge on any atom is 0.416 e. The van der Waals surface area contributed by atoms with Gasteiger partial charge in [-0.25, -0.2) is 0 Å². The zero-order valence-corrected chi connectivity index (χ0v) is 16.4. The molecule has 1 atom stereocenters. The quantitative estimate of drug-likeness (QED) is 0.642. The van der Waals surface area contributed by atoms with Crippen LogP contribution in [0.25, 0.3) is 0 Å². The second kappa shape index (κ2) is 10.1. The largest absolute Gasteiger partial charge is 0.466 e. The van der Waals surface area contributed by atoms with Gasteiger partial charge in [0.1, 0.15) is 0 Å². The first kappa shape index (κ1) is 22.5. The van der Waals surface area contributed by atoms with Gasteiger partial charge < -0.3 is 10.1 Å². The van der Waals surface area contributed by atoms with Crippen molar-refractivity contribution in [1.82, 2.24) is 5.32 Å². The Morgan fingerprint density at radius 3 is 2.45 bits per heavy atom. The lowest BCUT2D eigenvalue weighted by Crippen LogP contribution is -2.25. The highest BCUT2D eigenvalue weighted by Crippen LogP contribution is 2.31. The molecule has 2 aromatic carbocycles. The van der Waals surface area contributed by atoms with Gasteiger partial charge in [-0.1, -0.05) is 37.3 Å². The van der Waals surface area contributed by atoms with Gasteiger partial charge in [-0.2, -0.15) is 13.2 Å². The summed E-state index contributed by atoms with van der Waals surface area (Å²) >= 11 is 0. The molecular formula is C22H24F3NO3. The second-order valence-corrected chi connectivity index (χ2v) is 6.60. The molecule has 0 saturated heterocycles. The number of carbonyl (C=O) groups is 2. The molecule has 0 aliphatic rings. The third kappa shape index (κ3) is 6.34. The Balaban J connectivity index is 2.08. The fraction of sp³-hybridized carbons (Fsp3) is 0.364. The summed E-state index contributed by atoms with van der Waals surface area (Å²) in [7, 11) is 0. The lowest BCUT2D eigenvalue weighted by Gasteiger charge is -2.15. The van der Waals surface area contributed by atoms with Gasteiger partial charge in [0.2, 0.25) is 0 Å². The zero-order valence-electron chi connectivity index (χ0n) is 16.4. The fourth-order valence-corrected chi connectivity index (χ4v) is 3.01. The van der Waals surface area contributed by atoms with Gasteiger partial charge in [0, 0.05) is 12.1 Å². The number of rotatable bonds is 8. The van der Waals surface area contributed by atoms with Gasteiger partial charge >= 0.3 is 12.1 Å². The number of hydrogen-bond acceptors (Lipinski definition) is 3. The van der Waals surface area contributed by atoms with Gasteiger partial charge in [0.15, 0.2) is 0 Å². The maximum atomic E-state index is 13.1. The van der Waals surface area contributed by atoms with Crippen LogP contribution >= 0.6 is 0 Å². The predicted molar refractivity (Wildman–Crippen MR) is 103 cm³/mol. The number of amides is 1. The summed E-state index contributed by atoms with van der Waals surface area (Å²) in [5, 5.41) is 2.53. The van der Waals surface area contributed by atoms with Crippen molar-refractivity contribution in [3.63, 3.8) is 0 Å². The van der Waals surface area contributed by atoms with Crippen molar-refractivity contribution in [2.45, 2.75) is 39.4 Å². The molecule has 0 aliphatic carbocycles. The van der Waals surface area contributed by atoms with Crippen LogP contribution in [-0.2, 0) is 28.7 Å². The lowest BCUT2D eigenvalue weighted by atomic mass is 9.96. The first-order valence-electron chi connectivity index (χ1n) is 9.45. The van der Waals surface area contributed by atoms with E-state index >= 15 is 0 Å². The highest BCUT2D eigenvalue weighted by Gasteiger charge is 2.32. The molecule has 0 fully saturated rings. The summed E-state index contributed by atoms with van der Waals surface area (Å²) in [6.07, 6.45) is -3.46. The van der Waals surface area contributed by atoms with E-state index in [9.17, 15) is 22.8 Å². The van der Waals surface area contributed by atoms with Crippen molar-refractivity contribution in [2.75, 3.05) is 6.61 Å². The van der Waals surface area contributed by atoms with E-state index in [-0.39, 0.29) is 24.0 Å². The number of benzene rings is 2. The Hall–Kier alpha value is -2.83. The van der Waals surface area contributed by atoms with E-state index in [0.29, 0.717) is 25.0 Å². The molecule has 0 aliphatic heterocycles. The topological polar surface area (TPSA) is 55.4 Å². The summed E-state index contributed by atoms with van der Waals surface area (Å²) in [5.74, 6) is -1.08. The molecule has 156 valence electrons. The van der Waals surface area contributed by atoms with Crippen molar-refractivity contribution in [2.24, 2.45) is 5.92 Å². The van der Waals surface area contributed by atoms with Crippen LogP contribution < -0.4 is 5.32 Å². The highest BCUT2D eigenvalue weighted by atomic mass is 19.4. The molecule has 2 rings (SSSR count). The monoisotopic (exact) mass is 407 g/mol. The molecule has 0 aromatic heterocycles. The van der Waals surface area contributed by atoms with Crippen molar-refractivity contribution >= 4 is 11.9 Å². The molecule has 7 heteroatoms. The van der Waals surface area contributed by atoms with Crippen LogP contribution in [0.5, 0.6) is 0 Å². The summed E-state index contributed by atoms with van der Waals surface area (Å²) in [4.78, 5) is 24.4. The van der Waals surface area contributed by atoms with Crippen LogP contribution in [0, 0.1) is 5.92 Å². The summed E-state index contributed by atoms with van der Waals surface area (Å²) in [6.45, 7) is 3.69. The van der Waals surface area contributed by atoms with Gasteiger partial charge in [-0.15, -0.1) is 0 Å². The van der Waals surface area contributed by atoms with Gasteiger partial charge in [0.25, 0.3) is 5.91 Å². The Morgan fingerprint density at radius 1 is 1.07 bits per heavy atom. The minimum atomic E-state index is -4.48. The van der Waals surface area contributed by atoms with Gasteiger partial charge in [-0.3, -0.25) is 9.59 Å². The average Bonchev–Trinajstić information content (AvgIpc) is 2.70. The average molecular weight is 407 g/mol. The number of esters is 1. The Bertz CT molecular complexity index is 849. The van der Waals surface area contributed by atoms with E-state index in [4.69, 9.17) is 4.74 Å². The minimum absolute atomic E-state index is 0.00198. The number of nitrogens with one attached hydrogen (secondary N) is 1. The molecule has 1 amide bonds. The second-order valence-electron chi connectivity index (χ2n) is 6.60. The fourth-order valence-electron chi connectivity index (χ4n) is 3.01. The lowest BCUT2D eigenvalue weighted by molar-refractivity contribution is -0.148. The molecule has 4 nitrogen and oxygen atoms in total. The van der Waals surface area contributed by atoms with Crippen LogP contribution in [0.1, 0.15) is 47.3 Å². The normalized spacial score (nSPS) is 12.3. The van der Waals surface area contributed by atoms with E-state index in [0.717, 1.165) is 11.6 Å². The first-order chi connectivity index (χ1) is 13.8. The molecule has 1 N–H and O–H groups in total. The third-order valence-electron chi connectivity index (χ3n) is 4.55. The molecule has 0 saturated carbocycles. The number of hydrogen-bond donors (Lipinski definition) is 1. The van der Waals surface area contributed by atoms with Crippen molar-refractivity contribution < 1.29 is 27.5 Å². The van der Waals surface area contributed by atoms with Crippen molar-refractivity contribution in [3.05, 3.63) is 70.8 Å². The molecule has 0 bridgehead atoms. The number of carbonyl (C=O) groups excluding carboxylic acids is 2. The van der Waals surface area contributed by atoms with Crippen LogP contribution in [0.15, 0.2) is 48.5 Å². The molecule has 1 unspecified atom stereocenters. The minimum Gasteiger partial charge on any atom is -0.466 e. The molecule has 0 heterocycles. The Morgan fingerprint density at radius 2 is 1.79 bits per heavy atom. The first-order valence-corrected chi connectivity index (χ1v) is 9.45. The van der Waals surface area contributed by atoms with Gasteiger partial charge in [0.05, 0.1) is 18.1 Å². The van der Waals surface area contributed by atoms with Crippen LogP contribution in [0.4, 0.5) is 13.2 Å². The number of halogens is 3. The Kier molecular flexibility index (Phi) is 7.82. The van der Waals surface area contributed by atoms with E-state index in [1.54, 1.807) is 31.2 Å². The standard InChI is InChI=1S/C22H24F3NO3/c1-3-16(21(28)29-4-2)12-15-8-7-10-17(13-15)20(27)26-14-18-9-5-6-11-19(18)22(23,24)25/h5-11,13,16H,3-4,12,14H2,1-2H3,(H,26,27). The smallest absolute Gasteiger partial charge is 0.416 e. The molecule has 0 spiro atoms. The van der Waals surface area contributed by atoms with E-state index in [1.165, 1.54) is 18.2 Å². The van der Waals surface area contributed by atoms with Crippen LogP contribution in [-0.4, -0.2) is 18.5 Å². The molecule has 29 heavy (non-hydrogen) atoms. The number of alkyl halides is 3. The maximum absolute atomic E-state index is 13.1. The van der Waals surface area contributed by atoms with E-state index in [1.807, 2.05) is 6.92 Å².